The van der Waals surface area contributed by atoms with Gasteiger partial charge >= 0.3 is 0 Å². The number of anilines is 1. The molecular weight excluding hydrogens is 422 g/mol. The van der Waals surface area contributed by atoms with E-state index >= 15 is 0 Å². The van der Waals surface area contributed by atoms with Crippen molar-refractivity contribution in [2.45, 2.75) is 43.3 Å². The van der Waals surface area contributed by atoms with Crippen molar-refractivity contribution in [3.63, 3.8) is 0 Å². The quantitative estimate of drug-likeness (QED) is 0.373. The molecule has 3 atom stereocenters. The number of halogens is 1. The zero-order chi connectivity index (χ0) is 21.5. The molecule has 0 aliphatic heterocycles. The molecule has 0 amide bonds. The number of nitrogens with two attached hydrogens (primary N) is 1. The molecule has 2 aromatic rings. The lowest BCUT2D eigenvalue weighted by Crippen LogP contribution is -2.67. The minimum Gasteiger partial charge on any atom is -0.504 e. The van der Waals surface area contributed by atoms with Crippen LogP contribution in [0.4, 0.5) is 5.69 Å². The number of aromatic hydroxyl groups is 1. The molecule has 1 unspecified atom stereocenters. The molecule has 156 valence electrons. The normalized spacial score (nSPS) is 20.4. The molecule has 0 radical (unpaired) electrons. The number of carbonyl (C=O) groups is 2. The minimum atomic E-state index is -4.31. The van der Waals surface area contributed by atoms with Gasteiger partial charge in [0.1, 0.15) is 28.5 Å². The van der Waals surface area contributed by atoms with Crippen LogP contribution in [0.3, 0.4) is 0 Å². The van der Waals surface area contributed by atoms with Crippen molar-refractivity contribution < 1.29 is 27.5 Å². The Hall–Kier alpha value is -2.40. The van der Waals surface area contributed by atoms with Gasteiger partial charge in [0.05, 0.1) is 16.8 Å². The van der Waals surface area contributed by atoms with Crippen molar-refractivity contribution in [3.05, 3.63) is 40.8 Å². The molecule has 11 heteroatoms. The highest BCUT2D eigenvalue weighted by atomic mass is 35.5. The first-order valence-corrected chi connectivity index (χ1v) is 10.7. The van der Waals surface area contributed by atoms with E-state index in [1.807, 2.05) is 6.92 Å². The number of hydrogen-bond donors (Lipinski definition) is 4. The second-order valence-corrected chi connectivity index (χ2v) is 8.63. The molecule has 1 saturated carbocycles. The second kappa shape index (κ2) is 7.79. The maximum absolute atomic E-state index is 12.1. The van der Waals surface area contributed by atoms with Crippen molar-refractivity contribution in [2.75, 3.05) is 5.32 Å². The predicted molar refractivity (Wildman–Crippen MR) is 105 cm³/mol. The summed E-state index contributed by atoms with van der Waals surface area (Å²) < 4.78 is 29.0. The van der Waals surface area contributed by atoms with E-state index in [-0.39, 0.29) is 16.8 Å². The third kappa shape index (κ3) is 4.01. The number of nitrogens with one attached hydrogen (secondary N) is 2. The van der Waals surface area contributed by atoms with E-state index in [0.29, 0.717) is 17.9 Å². The molecule has 0 saturated heterocycles. The smallest absolute Gasteiger partial charge is 0.243 e. The first kappa shape index (κ1) is 21.3. The fourth-order valence-corrected chi connectivity index (χ4v) is 4.39. The van der Waals surface area contributed by atoms with Gasteiger partial charge in [-0.2, -0.15) is 0 Å². The molecule has 1 heterocycles. The van der Waals surface area contributed by atoms with Gasteiger partial charge in [0.2, 0.25) is 21.6 Å². The van der Waals surface area contributed by atoms with Gasteiger partial charge in [-0.05, 0) is 37.6 Å². The van der Waals surface area contributed by atoms with Crippen LogP contribution in [0.1, 0.15) is 30.9 Å². The number of phenols is 1. The van der Waals surface area contributed by atoms with Crippen LogP contribution in [0.25, 0.3) is 0 Å². The molecule has 0 bridgehead atoms. The van der Waals surface area contributed by atoms with Gasteiger partial charge < -0.3 is 14.8 Å². The number of phenolic OH excluding ortho intramolecular Hbond substituents is 1. The summed E-state index contributed by atoms with van der Waals surface area (Å²) in [7, 11) is -4.31. The summed E-state index contributed by atoms with van der Waals surface area (Å²) in [5.74, 6) is -0.697. The monoisotopic (exact) mass is 441 g/mol. The third-order valence-corrected chi connectivity index (χ3v) is 6.12. The van der Waals surface area contributed by atoms with Gasteiger partial charge in [0.15, 0.2) is 5.75 Å². The molecular formula is C18H20ClN3O6S. The number of rotatable bonds is 7. The maximum Gasteiger partial charge on any atom is 0.243 e. The number of sulfonamides is 1. The van der Waals surface area contributed by atoms with Crippen LogP contribution in [-0.2, 0) is 19.6 Å². The van der Waals surface area contributed by atoms with Gasteiger partial charge in [-0.1, -0.05) is 18.5 Å². The Morgan fingerprint density at radius 2 is 1.86 bits per heavy atom. The topological polar surface area (TPSA) is 152 Å². The predicted octanol–water partition coefficient (Wildman–Crippen LogP) is 1.64. The van der Waals surface area contributed by atoms with Crippen molar-refractivity contribution in [2.24, 2.45) is 5.14 Å². The highest BCUT2D eigenvalue weighted by Gasteiger charge is 2.50. The standard InChI is InChI=1S/C18H20ClN3O6S/c1-3-10(12-7-4-8(2)28-12)21-13-14(17(25)16(13)24)22-11-6-5-9(19)18(15(11)23)29(20,26)27/h4-7,10,13-14,21-23H,3H2,1-2H3,(H2,20,26,27)/t10-,13?,14-/m1/s1. The molecule has 3 rings (SSSR count). The van der Waals surface area contributed by atoms with Gasteiger partial charge in [0.25, 0.3) is 0 Å². The molecule has 9 nitrogen and oxygen atoms in total. The summed E-state index contributed by atoms with van der Waals surface area (Å²) >= 11 is 5.82. The highest BCUT2D eigenvalue weighted by molar-refractivity contribution is 7.89. The Kier molecular flexibility index (Phi) is 5.72. The third-order valence-electron chi connectivity index (χ3n) is 4.71. The fourth-order valence-electron chi connectivity index (χ4n) is 3.19. The molecule has 5 N–H and O–H groups in total. The largest absolute Gasteiger partial charge is 0.504 e. The van der Waals surface area contributed by atoms with Gasteiger partial charge in [0, 0.05) is 0 Å². The molecule has 1 aromatic heterocycles. The molecule has 1 fully saturated rings. The number of aryl methyl sites for hydroxylation is 1. The number of carbonyl (C=O) groups excluding carboxylic acids is 2. The van der Waals surface area contributed by atoms with E-state index in [1.54, 1.807) is 19.1 Å². The van der Waals surface area contributed by atoms with E-state index in [1.165, 1.54) is 12.1 Å². The van der Waals surface area contributed by atoms with Gasteiger partial charge in [-0.15, -0.1) is 0 Å². The summed E-state index contributed by atoms with van der Waals surface area (Å²) in [6.45, 7) is 3.69. The first-order chi connectivity index (χ1) is 13.5. The molecule has 1 aliphatic carbocycles. The Bertz CT molecular complexity index is 1080. The van der Waals surface area contributed by atoms with E-state index in [9.17, 15) is 23.1 Å². The number of benzene rings is 1. The Labute approximate surface area is 172 Å². The average Bonchev–Trinajstić information content (AvgIpc) is 3.07. The lowest BCUT2D eigenvalue weighted by molar-refractivity contribution is -0.145. The Balaban J connectivity index is 1.85. The van der Waals surface area contributed by atoms with Crippen LogP contribution in [0.5, 0.6) is 5.75 Å². The van der Waals surface area contributed by atoms with Crippen molar-refractivity contribution >= 4 is 38.9 Å². The molecule has 29 heavy (non-hydrogen) atoms. The summed E-state index contributed by atoms with van der Waals surface area (Å²) in [5.41, 5.74) is -0.0852. The fraction of sp³-hybridized carbons (Fsp3) is 0.333. The summed E-state index contributed by atoms with van der Waals surface area (Å²) in [6, 6.07) is 3.90. The van der Waals surface area contributed by atoms with E-state index in [2.05, 4.69) is 10.6 Å². The number of furan rings is 1. The SMILES string of the molecule is CC[C@@H](NC1C(=O)C(=O)[C@@H]1Nc1ccc(Cl)c(S(N)(=O)=O)c1O)c1ccc(C)o1. The highest BCUT2D eigenvalue weighted by Crippen LogP contribution is 2.37. The number of hydrogen-bond acceptors (Lipinski definition) is 8. The van der Waals surface area contributed by atoms with Crippen molar-refractivity contribution in [3.8, 4) is 5.75 Å². The number of primary sulfonamides is 1. The zero-order valence-electron chi connectivity index (χ0n) is 15.6. The zero-order valence-corrected chi connectivity index (χ0v) is 17.2. The number of Topliss-reactive ketones (excluding diaryl/α,β-unsaturated/α-hetero) is 2. The van der Waals surface area contributed by atoms with Crippen molar-refractivity contribution in [1.82, 2.24) is 5.32 Å². The van der Waals surface area contributed by atoms with E-state index in [0.717, 1.165) is 0 Å². The minimum absolute atomic E-state index is 0.0852. The van der Waals surface area contributed by atoms with Crippen LogP contribution in [-0.4, -0.2) is 37.2 Å². The Morgan fingerprint density at radius 1 is 1.21 bits per heavy atom. The molecule has 0 spiro atoms. The van der Waals surface area contributed by atoms with E-state index < -0.39 is 44.3 Å². The molecule has 1 aliphatic rings. The summed E-state index contributed by atoms with van der Waals surface area (Å²) in [5, 5.41) is 20.9. The summed E-state index contributed by atoms with van der Waals surface area (Å²) in [4.78, 5) is 23.6. The lowest BCUT2D eigenvalue weighted by Gasteiger charge is -2.37. The van der Waals surface area contributed by atoms with Gasteiger partial charge in [-0.3, -0.25) is 14.9 Å². The Morgan fingerprint density at radius 3 is 2.41 bits per heavy atom. The first-order valence-electron chi connectivity index (χ1n) is 8.75. The summed E-state index contributed by atoms with van der Waals surface area (Å²) in [6.07, 6.45) is 0.597. The van der Waals surface area contributed by atoms with Crippen LogP contribution < -0.4 is 15.8 Å². The second-order valence-electron chi connectivity index (χ2n) is 6.72. The lowest BCUT2D eigenvalue weighted by atomic mass is 9.82. The van der Waals surface area contributed by atoms with E-state index in [4.69, 9.17) is 21.2 Å². The van der Waals surface area contributed by atoms with Gasteiger partial charge in [-0.25, -0.2) is 13.6 Å². The maximum atomic E-state index is 12.1. The average molecular weight is 442 g/mol. The number of ketones is 2. The van der Waals surface area contributed by atoms with Crippen LogP contribution >= 0.6 is 11.6 Å². The van der Waals surface area contributed by atoms with Crippen molar-refractivity contribution in [1.29, 1.82) is 0 Å². The molecule has 1 aromatic carbocycles. The van der Waals surface area contributed by atoms with Crippen LogP contribution in [0.2, 0.25) is 5.02 Å². The van der Waals surface area contributed by atoms with Crippen LogP contribution in [0.15, 0.2) is 33.6 Å². The van der Waals surface area contributed by atoms with Crippen LogP contribution in [0, 0.1) is 6.92 Å².